The maximum absolute atomic E-state index is 5.37. The lowest BCUT2D eigenvalue weighted by Crippen LogP contribution is -1.87. The number of nitrogens with zero attached hydrogens (tertiary/aromatic N) is 2. The number of hydrogen-bond acceptors (Lipinski definition) is 4. The quantitative estimate of drug-likeness (QED) is 0.848. The first-order valence-electron chi connectivity index (χ1n) is 4.02. The molecule has 2 aromatic rings. The number of benzene rings is 1. The summed E-state index contributed by atoms with van der Waals surface area (Å²) in [5.41, 5.74) is 7.33. The van der Waals surface area contributed by atoms with Crippen LogP contribution in [-0.2, 0) is 0 Å². The monoisotopic (exact) mass is 253 g/mol. The molecule has 14 heavy (non-hydrogen) atoms. The third-order valence-electron chi connectivity index (χ3n) is 1.86. The number of aromatic nitrogens is 2. The van der Waals surface area contributed by atoms with Gasteiger partial charge in [-0.1, -0.05) is 15.9 Å². The number of aryl methyl sites for hydroxylation is 1. The van der Waals surface area contributed by atoms with Gasteiger partial charge in [0.15, 0.2) is 0 Å². The van der Waals surface area contributed by atoms with E-state index in [1.807, 2.05) is 25.1 Å². The Morgan fingerprint density at radius 2 is 2.21 bits per heavy atom. The second-order valence-corrected chi connectivity index (χ2v) is 3.83. The largest absolute Gasteiger partial charge is 0.365 e. The average molecular weight is 254 g/mol. The van der Waals surface area contributed by atoms with Gasteiger partial charge >= 0.3 is 0 Å². The summed E-state index contributed by atoms with van der Waals surface area (Å²) in [7, 11) is 0. The van der Waals surface area contributed by atoms with E-state index in [1.165, 1.54) is 0 Å². The summed E-state index contributed by atoms with van der Waals surface area (Å²) < 4.78 is 5.99. The molecule has 0 amide bonds. The van der Waals surface area contributed by atoms with Crippen LogP contribution in [0.1, 0.15) is 5.56 Å². The number of halogens is 1. The highest BCUT2D eigenvalue weighted by Gasteiger charge is 2.09. The first kappa shape index (κ1) is 9.21. The molecule has 5 heteroatoms. The molecule has 4 nitrogen and oxygen atoms in total. The highest BCUT2D eigenvalue weighted by atomic mass is 79.9. The third kappa shape index (κ3) is 1.63. The fourth-order valence-electron chi connectivity index (χ4n) is 1.21. The Labute approximate surface area is 89.2 Å². The van der Waals surface area contributed by atoms with Crippen LogP contribution < -0.4 is 5.73 Å². The van der Waals surface area contributed by atoms with Gasteiger partial charge in [-0.05, 0) is 35.8 Å². The van der Waals surface area contributed by atoms with E-state index >= 15 is 0 Å². The fourth-order valence-corrected chi connectivity index (χ4v) is 1.69. The van der Waals surface area contributed by atoms with Gasteiger partial charge < -0.3 is 10.3 Å². The molecule has 0 aliphatic rings. The normalized spacial score (nSPS) is 10.4. The Kier molecular flexibility index (Phi) is 2.25. The van der Waals surface area contributed by atoms with Crippen LogP contribution in [0.25, 0.3) is 11.5 Å². The molecule has 2 N–H and O–H groups in total. The second-order valence-electron chi connectivity index (χ2n) is 2.92. The van der Waals surface area contributed by atoms with Gasteiger partial charge in [-0.2, -0.15) is 4.98 Å². The highest BCUT2D eigenvalue weighted by Crippen LogP contribution is 2.24. The van der Waals surface area contributed by atoms with Crippen LogP contribution in [0.2, 0.25) is 0 Å². The summed E-state index contributed by atoms with van der Waals surface area (Å²) in [5.74, 6) is 0.606. The van der Waals surface area contributed by atoms with Crippen LogP contribution in [-0.4, -0.2) is 10.1 Å². The number of anilines is 1. The predicted molar refractivity (Wildman–Crippen MR) is 56.6 cm³/mol. The molecule has 0 fully saturated rings. The van der Waals surface area contributed by atoms with Crippen LogP contribution in [0, 0.1) is 6.92 Å². The van der Waals surface area contributed by atoms with Gasteiger partial charge in [-0.3, -0.25) is 0 Å². The molecule has 0 saturated heterocycles. The lowest BCUT2D eigenvalue weighted by atomic mass is 10.1. The Balaban J connectivity index is 2.52. The molecule has 72 valence electrons. The van der Waals surface area contributed by atoms with Crippen molar-refractivity contribution in [2.75, 3.05) is 5.73 Å². The van der Waals surface area contributed by atoms with Crippen LogP contribution in [0.15, 0.2) is 27.2 Å². The summed E-state index contributed by atoms with van der Waals surface area (Å²) >= 11 is 3.38. The molecule has 0 bridgehead atoms. The summed E-state index contributed by atoms with van der Waals surface area (Å²) in [6, 6.07) is 5.81. The van der Waals surface area contributed by atoms with Crippen molar-refractivity contribution in [3.8, 4) is 11.5 Å². The van der Waals surface area contributed by atoms with E-state index in [-0.39, 0.29) is 5.95 Å². The Morgan fingerprint density at radius 3 is 2.79 bits per heavy atom. The van der Waals surface area contributed by atoms with Gasteiger partial charge in [0.1, 0.15) is 0 Å². The van der Waals surface area contributed by atoms with Crippen molar-refractivity contribution < 1.29 is 4.52 Å². The molecular weight excluding hydrogens is 246 g/mol. The van der Waals surface area contributed by atoms with Crippen molar-refractivity contribution in [2.24, 2.45) is 0 Å². The number of rotatable bonds is 1. The summed E-state index contributed by atoms with van der Waals surface area (Å²) in [6.07, 6.45) is 0. The van der Waals surface area contributed by atoms with E-state index < -0.39 is 0 Å². The van der Waals surface area contributed by atoms with Gasteiger partial charge in [-0.15, -0.1) is 0 Å². The maximum atomic E-state index is 5.37. The molecule has 0 unspecified atom stereocenters. The average Bonchev–Trinajstić information content (AvgIpc) is 2.51. The second kappa shape index (κ2) is 3.42. The predicted octanol–water partition coefficient (Wildman–Crippen LogP) is 2.39. The molecule has 0 atom stereocenters. The van der Waals surface area contributed by atoms with E-state index in [1.54, 1.807) is 0 Å². The fraction of sp³-hybridized carbons (Fsp3) is 0.111. The zero-order valence-corrected chi connectivity index (χ0v) is 9.08. The van der Waals surface area contributed by atoms with Crippen LogP contribution in [0.3, 0.4) is 0 Å². The summed E-state index contributed by atoms with van der Waals surface area (Å²) in [4.78, 5) is 3.96. The van der Waals surface area contributed by atoms with Gasteiger partial charge in [0.2, 0.25) is 0 Å². The van der Waals surface area contributed by atoms with E-state index in [0.29, 0.717) is 5.89 Å². The van der Waals surface area contributed by atoms with Crippen molar-refractivity contribution in [3.05, 3.63) is 28.2 Å². The number of nitrogens with two attached hydrogens (primary N) is 1. The minimum absolute atomic E-state index is 0.155. The lowest BCUT2D eigenvalue weighted by Gasteiger charge is -1.99. The van der Waals surface area contributed by atoms with E-state index in [2.05, 4.69) is 26.1 Å². The molecule has 1 aromatic carbocycles. The van der Waals surface area contributed by atoms with Crippen molar-refractivity contribution >= 4 is 21.9 Å². The Bertz CT molecular complexity index is 467. The molecule has 0 radical (unpaired) electrons. The Morgan fingerprint density at radius 1 is 1.43 bits per heavy atom. The number of hydrogen-bond donors (Lipinski definition) is 1. The van der Waals surface area contributed by atoms with Gasteiger partial charge in [0, 0.05) is 10.0 Å². The number of nitrogen functional groups attached to an aromatic ring is 1. The lowest BCUT2D eigenvalue weighted by molar-refractivity contribution is 0.433. The van der Waals surface area contributed by atoms with Crippen molar-refractivity contribution in [3.63, 3.8) is 0 Å². The van der Waals surface area contributed by atoms with Crippen molar-refractivity contribution in [1.82, 2.24) is 10.1 Å². The van der Waals surface area contributed by atoms with E-state index in [9.17, 15) is 0 Å². The molecule has 0 spiro atoms. The van der Waals surface area contributed by atoms with Crippen LogP contribution in [0.5, 0.6) is 0 Å². The standard InChI is InChI=1S/C9H8BrN3O/c1-5-4-6(10)2-3-7(5)8-12-9(11)13-14-8/h2-4H,1H3,(H2,11,13). The smallest absolute Gasteiger partial charge is 0.261 e. The first-order chi connectivity index (χ1) is 6.66. The first-order valence-corrected chi connectivity index (χ1v) is 4.82. The van der Waals surface area contributed by atoms with Gasteiger partial charge in [-0.25, -0.2) is 0 Å². The Hall–Kier alpha value is -1.36. The highest BCUT2D eigenvalue weighted by molar-refractivity contribution is 9.10. The van der Waals surface area contributed by atoms with Crippen LogP contribution >= 0.6 is 15.9 Å². The SMILES string of the molecule is Cc1cc(Br)ccc1-c1nc(N)no1. The molecule has 0 aliphatic heterocycles. The molecule has 1 aromatic heterocycles. The summed E-state index contributed by atoms with van der Waals surface area (Å²) in [6.45, 7) is 1.97. The summed E-state index contributed by atoms with van der Waals surface area (Å²) in [5, 5.41) is 3.54. The van der Waals surface area contributed by atoms with E-state index in [0.717, 1.165) is 15.6 Å². The molecule has 0 saturated carbocycles. The third-order valence-corrected chi connectivity index (χ3v) is 2.35. The molecular formula is C9H8BrN3O. The topological polar surface area (TPSA) is 64.9 Å². The maximum Gasteiger partial charge on any atom is 0.261 e. The minimum atomic E-state index is 0.155. The molecule has 1 heterocycles. The minimum Gasteiger partial charge on any atom is -0.365 e. The van der Waals surface area contributed by atoms with Crippen molar-refractivity contribution in [1.29, 1.82) is 0 Å². The van der Waals surface area contributed by atoms with Crippen LogP contribution in [0.4, 0.5) is 5.95 Å². The molecule has 2 rings (SSSR count). The van der Waals surface area contributed by atoms with Gasteiger partial charge in [0.05, 0.1) is 0 Å². The molecule has 0 aliphatic carbocycles. The van der Waals surface area contributed by atoms with Crippen molar-refractivity contribution in [2.45, 2.75) is 6.92 Å². The zero-order valence-electron chi connectivity index (χ0n) is 7.49. The van der Waals surface area contributed by atoms with Gasteiger partial charge in [0.25, 0.3) is 11.8 Å². The zero-order chi connectivity index (χ0) is 10.1. The van der Waals surface area contributed by atoms with E-state index in [4.69, 9.17) is 10.3 Å².